The van der Waals surface area contributed by atoms with Gasteiger partial charge in [-0.15, -0.1) is 0 Å². The highest BCUT2D eigenvalue weighted by atomic mass is 35.5. The molecule has 1 aliphatic rings. The number of nitrogens with one attached hydrogen (secondary N) is 2. The molecule has 2 N–H and O–H groups in total. The second-order valence-corrected chi connectivity index (χ2v) is 7.44. The van der Waals surface area contributed by atoms with Crippen LogP contribution in [0.15, 0.2) is 36.4 Å². The summed E-state index contributed by atoms with van der Waals surface area (Å²) in [4.78, 5) is 38.3. The standard InChI is InChI=1S/C18H13Cl3FN3O3/c1-18(10-6-5-9(22)7-13(10)21)16(27)25(17(28)24-18)8-14(26)23-15-11(19)3-2-4-12(15)20/h2-7H,8H2,1H3,(H,23,26)(H,24,28). The molecule has 0 bridgehead atoms. The van der Waals surface area contributed by atoms with E-state index in [-0.39, 0.29) is 26.3 Å². The first kappa shape index (κ1) is 20.4. The van der Waals surface area contributed by atoms with E-state index >= 15 is 0 Å². The summed E-state index contributed by atoms with van der Waals surface area (Å²) in [5.41, 5.74) is -1.15. The van der Waals surface area contributed by atoms with E-state index in [0.29, 0.717) is 0 Å². The molecule has 1 unspecified atom stereocenters. The Labute approximate surface area is 174 Å². The predicted molar refractivity (Wildman–Crippen MR) is 104 cm³/mol. The maximum atomic E-state index is 13.3. The number of carbonyl (C=O) groups is 3. The van der Waals surface area contributed by atoms with Crippen LogP contribution in [0.4, 0.5) is 14.9 Å². The number of amides is 4. The number of anilines is 1. The highest BCUT2D eigenvalue weighted by Crippen LogP contribution is 2.34. The molecule has 0 radical (unpaired) electrons. The van der Waals surface area contributed by atoms with Crippen molar-refractivity contribution in [2.45, 2.75) is 12.5 Å². The SMILES string of the molecule is CC1(c2ccc(F)cc2Cl)NC(=O)N(CC(=O)Nc2c(Cl)cccc2Cl)C1=O. The Morgan fingerprint density at radius 1 is 1.14 bits per heavy atom. The van der Waals surface area contributed by atoms with Crippen LogP contribution in [-0.4, -0.2) is 29.3 Å². The van der Waals surface area contributed by atoms with Gasteiger partial charge in [0.25, 0.3) is 5.91 Å². The third-order valence-electron chi connectivity index (χ3n) is 4.27. The molecule has 2 aromatic carbocycles. The van der Waals surface area contributed by atoms with Gasteiger partial charge in [-0.1, -0.05) is 46.9 Å². The molecule has 10 heteroatoms. The average molecular weight is 445 g/mol. The molecule has 1 aliphatic heterocycles. The average Bonchev–Trinajstić information content (AvgIpc) is 2.82. The second-order valence-electron chi connectivity index (χ2n) is 6.22. The number of urea groups is 1. The Kier molecular flexibility index (Phi) is 5.52. The van der Waals surface area contributed by atoms with Gasteiger partial charge in [0.1, 0.15) is 17.9 Å². The van der Waals surface area contributed by atoms with Crippen LogP contribution in [0.3, 0.4) is 0 Å². The first-order chi connectivity index (χ1) is 13.1. The predicted octanol–water partition coefficient (Wildman–Crippen LogP) is 4.19. The number of rotatable bonds is 4. The molecule has 1 saturated heterocycles. The molecule has 6 nitrogen and oxygen atoms in total. The minimum Gasteiger partial charge on any atom is -0.322 e. The van der Waals surface area contributed by atoms with Crippen LogP contribution in [0.1, 0.15) is 12.5 Å². The largest absolute Gasteiger partial charge is 0.325 e. The van der Waals surface area contributed by atoms with Crippen molar-refractivity contribution in [2.24, 2.45) is 0 Å². The van der Waals surface area contributed by atoms with Gasteiger partial charge in [0, 0.05) is 10.6 Å². The van der Waals surface area contributed by atoms with Crippen molar-refractivity contribution in [3.8, 4) is 0 Å². The number of imide groups is 1. The lowest BCUT2D eigenvalue weighted by Crippen LogP contribution is -2.42. The highest BCUT2D eigenvalue weighted by Gasteiger charge is 2.50. The summed E-state index contributed by atoms with van der Waals surface area (Å²) in [6.45, 7) is 0.857. The monoisotopic (exact) mass is 443 g/mol. The quantitative estimate of drug-likeness (QED) is 0.694. The maximum absolute atomic E-state index is 13.3. The molecule has 0 aliphatic carbocycles. The number of benzene rings is 2. The van der Waals surface area contributed by atoms with Crippen LogP contribution >= 0.6 is 34.8 Å². The van der Waals surface area contributed by atoms with Gasteiger partial charge in [0.2, 0.25) is 5.91 Å². The summed E-state index contributed by atoms with van der Waals surface area (Å²) in [5, 5.41) is 5.37. The van der Waals surface area contributed by atoms with Gasteiger partial charge in [-0.3, -0.25) is 14.5 Å². The third kappa shape index (κ3) is 3.65. The van der Waals surface area contributed by atoms with Gasteiger partial charge in [-0.25, -0.2) is 9.18 Å². The van der Waals surface area contributed by atoms with E-state index in [1.807, 2.05) is 0 Å². The van der Waals surface area contributed by atoms with E-state index in [0.717, 1.165) is 17.0 Å². The first-order valence-corrected chi connectivity index (χ1v) is 9.10. The van der Waals surface area contributed by atoms with E-state index in [1.165, 1.54) is 25.1 Å². The van der Waals surface area contributed by atoms with Crippen molar-refractivity contribution in [3.63, 3.8) is 0 Å². The van der Waals surface area contributed by atoms with Crippen molar-refractivity contribution in [1.29, 1.82) is 0 Å². The molecule has 1 atom stereocenters. The fraction of sp³-hybridized carbons (Fsp3) is 0.167. The lowest BCUT2D eigenvalue weighted by atomic mass is 9.92. The Balaban J connectivity index is 1.81. The van der Waals surface area contributed by atoms with Crippen LogP contribution in [0.2, 0.25) is 15.1 Å². The zero-order chi connectivity index (χ0) is 20.6. The fourth-order valence-electron chi connectivity index (χ4n) is 2.86. The molecule has 1 heterocycles. The second kappa shape index (κ2) is 7.58. The smallest absolute Gasteiger partial charge is 0.322 e. The topological polar surface area (TPSA) is 78.5 Å². The number of para-hydroxylation sites is 1. The summed E-state index contributed by atoms with van der Waals surface area (Å²) >= 11 is 18.0. The lowest BCUT2D eigenvalue weighted by molar-refractivity contribution is -0.133. The Hall–Kier alpha value is -2.35. The van der Waals surface area contributed by atoms with E-state index < -0.39 is 35.7 Å². The lowest BCUT2D eigenvalue weighted by Gasteiger charge is -2.23. The maximum Gasteiger partial charge on any atom is 0.325 e. The van der Waals surface area contributed by atoms with Gasteiger partial charge in [0.05, 0.1) is 15.7 Å². The number of hydrogen-bond donors (Lipinski definition) is 2. The summed E-state index contributed by atoms with van der Waals surface area (Å²) in [6.07, 6.45) is 0. The highest BCUT2D eigenvalue weighted by molar-refractivity contribution is 6.39. The molecule has 28 heavy (non-hydrogen) atoms. The molecule has 4 amide bonds. The van der Waals surface area contributed by atoms with Gasteiger partial charge in [0.15, 0.2) is 0 Å². The minimum absolute atomic E-state index is 0.0229. The van der Waals surface area contributed by atoms with E-state index in [1.54, 1.807) is 6.07 Å². The van der Waals surface area contributed by atoms with Crippen LogP contribution in [-0.2, 0) is 15.1 Å². The van der Waals surface area contributed by atoms with Crippen molar-refractivity contribution in [1.82, 2.24) is 10.2 Å². The van der Waals surface area contributed by atoms with Gasteiger partial charge in [-0.05, 0) is 31.2 Å². The Morgan fingerprint density at radius 2 is 1.79 bits per heavy atom. The molecule has 0 aromatic heterocycles. The minimum atomic E-state index is -1.54. The zero-order valence-corrected chi connectivity index (χ0v) is 16.6. The van der Waals surface area contributed by atoms with E-state index in [9.17, 15) is 18.8 Å². The Morgan fingerprint density at radius 3 is 2.39 bits per heavy atom. The van der Waals surface area contributed by atoms with Crippen molar-refractivity contribution in [3.05, 3.63) is 62.8 Å². The van der Waals surface area contributed by atoms with Crippen LogP contribution < -0.4 is 10.6 Å². The molecular formula is C18H13Cl3FN3O3. The molecule has 0 spiro atoms. The van der Waals surface area contributed by atoms with Gasteiger partial charge in [-0.2, -0.15) is 0 Å². The molecular weight excluding hydrogens is 432 g/mol. The Bertz CT molecular complexity index is 981. The molecule has 1 fully saturated rings. The van der Waals surface area contributed by atoms with E-state index in [4.69, 9.17) is 34.8 Å². The van der Waals surface area contributed by atoms with Gasteiger partial charge >= 0.3 is 6.03 Å². The van der Waals surface area contributed by atoms with Crippen molar-refractivity contribution in [2.75, 3.05) is 11.9 Å². The first-order valence-electron chi connectivity index (χ1n) is 7.97. The summed E-state index contributed by atoms with van der Waals surface area (Å²) < 4.78 is 13.3. The van der Waals surface area contributed by atoms with Crippen LogP contribution in [0.5, 0.6) is 0 Å². The van der Waals surface area contributed by atoms with E-state index in [2.05, 4.69) is 10.6 Å². The number of halogens is 4. The fourth-order valence-corrected chi connectivity index (χ4v) is 3.71. The number of carbonyl (C=O) groups excluding carboxylic acids is 3. The zero-order valence-electron chi connectivity index (χ0n) is 14.4. The third-order valence-corrected chi connectivity index (χ3v) is 5.22. The molecule has 3 rings (SSSR count). The summed E-state index contributed by atoms with van der Waals surface area (Å²) in [5.74, 6) is -1.96. The number of hydrogen-bond acceptors (Lipinski definition) is 3. The molecule has 0 saturated carbocycles. The van der Waals surface area contributed by atoms with Crippen LogP contribution in [0.25, 0.3) is 0 Å². The van der Waals surface area contributed by atoms with Crippen LogP contribution in [0, 0.1) is 5.82 Å². The molecule has 2 aromatic rings. The van der Waals surface area contributed by atoms with Crippen molar-refractivity contribution >= 4 is 58.3 Å². The molecule has 146 valence electrons. The van der Waals surface area contributed by atoms with Crippen molar-refractivity contribution < 1.29 is 18.8 Å². The summed E-state index contributed by atoms with van der Waals surface area (Å²) in [6, 6.07) is 7.36. The normalized spacial score (nSPS) is 19.0. The van der Waals surface area contributed by atoms with Gasteiger partial charge < -0.3 is 10.6 Å². The number of nitrogens with zero attached hydrogens (tertiary/aromatic N) is 1. The summed E-state index contributed by atoms with van der Waals surface area (Å²) in [7, 11) is 0.